The van der Waals surface area contributed by atoms with E-state index in [1.54, 1.807) is 12.4 Å². The van der Waals surface area contributed by atoms with E-state index in [-0.39, 0.29) is 0 Å². The Morgan fingerprint density at radius 3 is 1.89 bits per heavy atom. The number of benzene rings is 1. The second kappa shape index (κ2) is 11.1. The highest BCUT2D eigenvalue weighted by Gasteiger charge is 2.14. The van der Waals surface area contributed by atoms with Crippen molar-refractivity contribution in [1.29, 1.82) is 0 Å². The van der Waals surface area contributed by atoms with E-state index in [0.717, 1.165) is 36.1 Å². The van der Waals surface area contributed by atoms with Crippen molar-refractivity contribution in [3.63, 3.8) is 0 Å². The molecule has 4 nitrogen and oxygen atoms in total. The number of hydrogen-bond donors (Lipinski definition) is 0. The van der Waals surface area contributed by atoms with Gasteiger partial charge in [0.1, 0.15) is 17.4 Å². The molecule has 28 heavy (non-hydrogen) atoms. The lowest BCUT2D eigenvalue weighted by atomic mass is 10.1. The first-order valence-electron chi connectivity index (χ1n) is 10.2. The highest BCUT2D eigenvalue weighted by molar-refractivity contribution is 5.72. The minimum Gasteiger partial charge on any atom is -0.494 e. The third-order valence-corrected chi connectivity index (χ3v) is 4.62. The van der Waals surface area contributed by atoms with E-state index in [1.165, 1.54) is 32.1 Å². The van der Waals surface area contributed by atoms with Gasteiger partial charge in [0, 0.05) is 18.1 Å². The van der Waals surface area contributed by atoms with Crippen molar-refractivity contribution >= 4 is 17.3 Å². The molecule has 1 aromatic carbocycles. The van der Waals surface area contributed by atoms with Crippen molar-refractivity contribution < 1.29 is 4.74 Å². The molecular weight excluding hydrogens is 346 g/mol. The SMILES string of the molecule is CCCCCCCCOc1ccc(N(c2ccccn2)c2ccccn2)cc1. The largest absolute Gasteiger partial charge is 0.494 e. The van der Waals surface area contributed by atoms with Gasteiger partial charge < -0.3 is 4.74 Å². The number of pyridine rings is 2. The van der Waals surface area contributed by atoms with Crippen LogP contribution in [0.15, 0.2) is 73.1 Å². The molecule has 0 aliphatic carbocycles. The van der Waals surface area contributed by atoms with Gasteiger partial charge >= 0.3 is 0 Å². The Bertz CT molecular complexity index is 752. The average Bonchev–Trinajstić information content (AvgIpc) is 2.76. The van der Waals surface area contributed by atoms with Crippen LogP contribution in [0.1, 0.15) is 45.4 Å². The number of ether oxygens (including phenoxy) is 1. The monoisotopic (exact) mass is 375 g/mol. The van der Waals surface area contributed by atoms with Crippen LogP contribution in [0, 0.1) is 0 Å². The van der Waals surface area contributed by atoms with Crippen LogP contribution >= 0.6 is 0 Å². The first-order chi connectivity index (χ1) is 13.9. The Morgan fingerprint density at radius 2 is 1.32 bits per heavy atom. The fourth-order valence-electron chi connectivity index (χ4n) is 3.12. The van der Waals surface area contributed by atoms with Crippen LogP contribution in [0.5, 0.6) is 5.75 Å². The fourth-order valence-corrected chi connectivity index (χ4v) is 3.12. The van der Waals surface area contributed by atoms with Crippen LogP contribution in [0.25, 0.3) is 0 Å². The number of anilines is 3. The Balaban J connectivity index is 1.63. The topological polar surface area (TPSA) is 38.2 Å². The first kappa shape index (κ1) is 19.9. The molecule has 0 saturated heterocycles. The fraction of sp³-hybridized carbons (Fsp3) is 0.333. The number of nitrogens with zero attached hydrogens (tertiary/aromatic N) is 3. The molecule has 4 heteroatoms. The van der Waals surface area contributed by atoms with Crippen LogP contribution in [0.4, 0.5) is 17.3 Å². The maximum atomic E-state index is 5.91. The maximum Gasteiger partial charge on any atom is 0.138 e. The first-order valence-corrected chi connectivity index (χ1v) is 10.2. The molecule has 3 rings (SSSR count). The number of aromatic nitrogens is 2. The van der Waals surface area contributed by atoms with Crippen molar-refractivity contribution in [3.05, 3.63) is 73.1 Å². The second-order valence-electron chi connectivity index (χ2n) is 6.82. The molecule has 0 aliphatic heterocycles. The molecule has 0 unspecified atom stereocenters. The van der Waals surface area contributed by atoms with E-state index >= 15 is 0 Å². The normalized spacial score (nSPS) is 10.6. The van der Waals surface area contributed by atoms with Gasteiger partial charge in [0.15, 0.2) is 0 Å². The Labute approximate surface area is 168 Å². The van der Waals surface area contributed by atoms with Gasteiger partial charge in [-0.1, -0.05) is 51.2 Å². The molecule has 2 aromatic heterocycles. The number of rotatable bonds is 11. The van der Waals surface area contributed by atoms with Crippen LogP contribution in [-0.4, -0.2) is 16.6 Å². The minimum atomic E-state index is 0.773. The maximum absolute atomic E-state index is 5.91. The summed E-state index contributed by atoms with van der Waals surface area (Å²) in [4.78, 5) is 11.0. The van der Waals surface area contributed by atoms with Crippen LogP contribution in [0.2, 0.25) is 0 Å². The van der Waals surface area contributed by atoms with Crippen LogP contribution in [0.3, 0.4) is 0 Å². The van der Waals surface area contributed by atoms with Gasteiger partial charge in [0.2, 0.25) is 0 Å². The lowest BCUT2D eigenvalue weighted by Crippen LogP contribution is -2.12. The summed E-state index contributed by atoms with van der Waals surface area (Å²) in [5, 5.41) is 0. The van der Waals surface area contributed by atoms with Gasteiger partial charge in [-0.15, -0.1) is 0 Å². The summed E-state index contributed by atoms with van der Waals surface area (Å²) >= 11 is 0. The third-order valence-electron chi connectivity index (χ3n) is 4.62. The Morgan fingerprint density at radius 1 is 0.714 bits per heavy atom. The summed E-state index contributed by atoms with van der Waals surface area (Å²) in [5.41, 5.74) is 1.00. The van der Waals surface area contributed by atoms with E-state index < -0.39 is 0 Å². The minimum absolute atomic E-state index is 0.773. The molecule has 0 amide bonds. The highest BCUT2D eigenvalue weighted by Crippen LogP contribution is 2.32. The molecule has 0 radical (unpaired) electrons. The van der Waals surface area contributed by atoms with Gasteiger partial charge in [-0.3, -0.25) is 4.90 Å². The lowest BCUT2D eigenvalue weighted by Gasteiger charge is -2.23. The van der Waals surface area contributed by atoms with Crippen molar-refractivity contribution in [2.75, 3.05) is 11.5 Å². The second-order valence-corrected chi connectivity index (χ2v) is 6.82. The van der Waals surface area contributed by atoms with Crippen LogP contribution in [-0.2, 0) is 0 Å². The predicted octanol–water partition coefficient (Wildman–Crippen LogP) is 6.69. The van der Waals surface area contributed by atoms with Gasteiger partial charge in [0.25, 0.3) is 0 Å². The summed E-state index contributed by atoms with van der Waals surface area (Å²) < 4.78 is 5.91. The van der Waals surface area contributed by atoms with Gasteiger partial charge in [-0.25, -0.2) is 9.97 Å². The summed E-state index contributed by atoms with van der Waals surface area (Å²) in [6, 6.07) is 19.9. The molecule has 146 valence electrons. The Kier molecular flexibility index (Phi) is 7.86. The van der Waals surface area contributed by atoms with E-state index in [2.05, 4.69) is 29.0 Å². The van der Waals surface area contributed by atoms with E-state index in [9.17, 15) is 0 Å². The molecular formula is C24H29N3O. The van der Waals surface area contributed by atoms with Gasteiger partial charge in [-0.05, 0) is 55.0 Å². The predicted molar refractivity (Wildman–Crippen MR) is 116 cm³/mol. The highest BCUT2D eigenvalue weighted by atomic mass is 16.5. The molecule has 0 N–H and O–H groups in total. The van der Waals surface area contributed by atoms with Gasteiger partial charge in [-0.2, -0.15) is 0 Å². The third kappa shape index (κ3) is 5.81. The molecule has 0 saturated carbocycles. The summed E-state index contributed by atoms with van der Waals surface area (Å²) in [6.45, 7) is 3.02. The standard InChI is InChI=1S/C24H29N3O/c1-2-3-4-5-6-11-20-28-22-16-14-21(15-17-22)27(23-12-7-9-18-25-23)24-13-8-10-19-26-24/h7-10,12-19H,2-6,11,20H2,1H3. The quantitative estimate of drug-likeness (QED) is 0.350. The smallest absolute Gasteiger partial charge is 0.138 e. The molecule has 0 bridgehead atoms. The van der Waals surface area contributed by atoms with E-state index in [4.69, 9.17) is 4.74 Å². The van der Waals surface area contributed by atoms with Crippen molar-refractivity contribution in [3.8, 4) is 5.75 Å². The molecule has 2 heterocycles. The van der Waals surface area contributed by atoms with E-state index in [0.29, 0.717) is 0 Å². The van der Waals surface area contributed by atoms with Gasteiger partial charge in [0.05, 0.1) is 6.61 Å². The molecule has 0 aliphatic rings. The zero-order valence-corrected chi connectivity index (χ0v) is 16.6. The average molecular weight is 376 g/mol. The summed E-state index contributed by atoms with van der Waals surface area (Å²) in [5.74, 6) is 2.57. The van der Waals surface area contributed by atoms with Crippen molar-refractivity contribution in [2.45, 2.75) is 45.4 Å². The van der Waals surface area contributed by atoms with E-state index in [1.807, 2.05) is 53.4 Å². The van der Waals surface area contributed by atoms with Crippen LogP contribution < -0.4 is 9.64 Å². The van der Waals surface area contributed by atoms with Crippen molar-refractivity contribution in [1.82, 2.24) is 9.97 Å². The molecule has 0 atom stereocenters. The zero-order chi connectivity index (χ0) is 19.4. The zero-order valence-electron chi connectivity index (χ0n) is 16.6. The number of hydrogen-bond acceptors (Lipinski definition) is 4. The summed E-state index contributed by atoms with van der Waals surface area (Å²) in [7, 11) is 0. The molecule has 0 spiro atoms. The number of unbranched alkanes of at least 4 members (excludes halogenated alkanes) is 5. The van der Waals surface area contributed by atoms with Crippen molar-refractivity contribution in [2.24, 2.45) is 0 Å². The molecule has 0 fully saturated rings. The Hall–Kier alpha value is -2.88. The summed E-state index contributed by atoms with van der Waals surface area (Å²) in [6.07, 6.45) is 11.2. The molecule has 3 aromatic rings. The lowest BCUT2D eigenvalue weighted by molar-refractivity contribution is 0.304.